The Morgan fingerprint density at radius 3 is 2.92 bits per heavy atom. The summed E-state index contributed by atoms with van der Waals surface area (Å²) in [6, 6.07) is 5.45. The van der Waals surface area contributed by atoms with Crippen LogP contribution in [0.25, 0.3) is 0 Å². The second kappa shape index (κ2) is 6.59. The van der Waals surface area contributed by atoms with E-state index in [2.05, 4.69) is 5.16 Å². The van der Waals surface area contributed by atoms with Gasteiger partial charge in [0.2, 0.25) is 0 Å². The lowest BCUT2D eigenvalue weighted by atomic mass is 10.2. The third-order valence-electron chi connectivity index (χ3n) is 3.44. The third kappa shape index (κ3) is 3.57. The van der Waals surface area contributed by atoms with Gasteiger partial charge in [-0.2, -0.15) is 0 Å². The van der Waals surface area contributed by atoms with E-state index in [1.807, 2.05) is 0 Å². The Morgan fingerprint density at radius 1 is 1.44 bits per heavy atom. The first kappa shape index (κ1) is 16.4. The monoisotopic (exact) mass is 347 g/mol. The van der Waals surface area contributed by atoms with Crippen LogP contribution in [-0.2, 0) is 20.9 Å². The van der Waals surface area contributed by atoms with Crippen molar-refractivity contribution in [2.75, 3.05) is 18.1 Å². The normalized spacial score (nSPS) is 13.2. The second-order valence-electron chi connectivity index (χ2n) is 5.27. The number of aromatic nitrogens is 1. The SMILES string of the molecule is Cc1cc(COC(=O)CN2C(=O)COc3ccc([N+](=O)[O-])cc32)no1. The van der Waals surface area contributed by atoms with Crippen LogP contribution in [0.1, 0.15) is 11.5 Å². The van der Waals surface area contributed by atoms with E-state index < -0.39 is 23.3 Å². The largest absolute Gasteiger partial charge is 0.482 e. The maximum atomic E-state index is 12.0. The zero-order chi connectivity index (χ0) is 18.0. The number of nitro benzene ring substituents is 1. The molecule has 0 saturated heterocycles. The van der Waals surface area contributed by atoms with Gasteiger partial charge in [0, 0.05) is 18.2 Å². The van der Waals surface area contributed by atoms with E-state index in [1.165, 1.54) is 18.2 Å². The molecule has 0 aliphatic carbocycles. The summed E-state index contributed by atoms with van der Waals surface area (Å²) in [5, 5.41) is 14.6. The van der Waals surface area contributed by atoms with Crippen LogP contribution in [0, 0.1) is 17.0 Å². The van der Waals surface area contributed by atoms with Crippen molar-refractivity contribution in [3.05, 3.63) is 45.8 Å². The van der Waals surface area contributed by atoms with Crippen LogP contribution >= 0.6 is 0 Å². The minimum absolute atomic E-state index is 0.101. The zero-order valence-electron chi connectivity index (χ0n) is 13.1. The van der Waals surface area contributed by atoms with Gasteiger partial charge >= 0.3 is 5.97 Å². The van der Waals surface area contributed by atoms with E-state index in [1.54, 1.807) is 13.0 Å². The van der Waals surface area contributed by atoms with Gasteiger partial charge in [-0.1, -0.05) is 5.16 Å². The van der Waals surface area contributed by atoms with Crippen LogP contribution in [0.3, 0.4) is 0 Å². The molecule has 130 valence electrons. The van der Waals surface area contributed by atoms with Crippen molar-refractivity contribution in [3.8, 4) is 5.75 Å². The Balaban J connectivity index is 1.73. The summed E-state index contributed by atoms with van der Waals surface area (Å²) >= 11 is 0. The number of hydrogen-bond donors (Lipinski definition) is 0. The van der Waals surface area contributed by atoms with Crippen LogP contribution < -0.4 is 9.64 Å². The van der Waals surface area contributed by atoms with Crippen molar-refractivity contribution in [1.82, 2.24) is 5.16 Å². The fraction of sp³-hybridized carbons (Fsp3) is 0.267. The van der Waals surface area contributed by atoms with E-state index in [0.29, 0.717) is 11.5 Å². The molecule has 2 aromatic rings. The molecule has 3 rings (SSSR count). The number of carbonyl (C=O) groups excluding carboxylic acids is 2. The summed E-state index contributed by atoms with van der Waals surface area (Å²) in [5.41, 5.74) is 0.378. The molecule has 10 nitrogen and oxygen atoms in total. The Hall–Kier alpha value is -3.43. The number of anilines is 1. The number of amides is 1. The predicted octanol–water partition coefficient (Wildman–Crippen LogP) is 1.36. The van der Waals surface area contributed by atoms with Crippen LogP contribution in [0.4, 0.5) is 11.4 Å². The van der Waals surface area contributed by atoms with E-state index in [4.69, 9.17) is 14.0 Å². The smallest absolute Gasteiger partial charge is 0.326 e. The Morgan fingerprint density at radius 2 is 2.24 bits per heavy atom. The number of nitro groups is 1. The molecule has 0 fully saturated rings. The number of aryl methyl sites for hydroxylation is 1. The molecule has 0 N–H and O–H groups in total. The number of nitrogens with zero attached hydrogens (tertiary/aromatic N) is 3. The van der Waals surface area contributed by atoms with Crippen molar-refractivity contribution >= 4 is 23.3 Å². The van der Waals surface area contributed by atoms with Gasteiger partial charge in [0.05, 0.1) is 10.6 Å². The summed E-state index contributed by atoms with van der Waals surface area (Å²) in [7, 11) is 0. The standard InChI is InChI=1S/C15H13N3O7/c1-9-4-10(16-25-9)7-24-15(20)6-17-12-5-11(18(21)22)2-3-13(12)23-8-14(17)19/h2-5H,6-8H2,1H3. The molecule has 1 aliphatic rings. The van der Waals surface area contributed by atoms with Crippen molar-refractivity contribution in [1.29, 1.82) is 0 Å². The first-order valence-corrected chi connectivity index (χ1v) is 7.23. The molecule has 0 bridgehead atoms. The fourth-order valence-electron chi connectivity index (χ4n) is 2.29. The van der Waals surface area contributed by atoms with Gasteiger partial charge in [-0.15, -0.1) is 0 Å². The molecule has 1 aromatic carbocycles. The van der Waals surface area contributed by atoms with E-state index in [-0.39, 0.29) is 30.3 Å². The number of hydrogen-bond acceptors (Lipinski definition) is 8. The molecule has 0 radical (unpaired) electrons. The Kier molecular flexibility index (Phi) is 4.33. The molecular formula is C15H13N3O7. The van der Waals surface area contributed by atoms with Crippen LogP contribution in [-0.4, -0.2) is 35.1 Å². The van der Waals surface area contributed by atoms with Crippen molar-refractivity contribution in [2.45, 2.75) is 13.5 Å². The van der Waals surface area contributed by atoms with Crippen molar-refractivity contribution in [3.63, 3.8) is 0 Å². The summed E-state index contributed by atoms with van der Waals surface area (Å²) in [5.74, 6) is -0.323. The number of carbonyl (C=O) groups is 2. The highest BCUT2D eigenvalue weighted by molar-refractivity contribution is 6.01. The highest BCUT2D eigenvalue weighted by atomic mass is 16.6. The van der Waals surface area contributed by atoms with Crippen LogP contribution in [0.2, 0.25) is 0 Å². The molecule has 25 heavy (non-hydrogen) atoms. The average Bonchev–Trinajstić information content (AvgIpc) is 3.00. The maximum Gasteiger partial charge on any atom is 0.326 e. The molecule has 0 spiro atoms. The summed E-state index contributed by atoms with van der Waals surface area (Å²) < 4.78 is 15.1. The molecule has 1 aliphatic heterocycles. The summed E-state index contributed by atoms with van der Waals surface area (Å²) in [4.78, 5) is 35.5. The van der Waals surface area contributed by atoms with Gasteiger partial charge in [0.25, 0.3) is 11.6 Å². The lowest BCUT2D eigenvalue weighted by Crippen LogP contribution is -2.42. The van der Waals surface area contributed by atoms with Gasteiger partial charge in [-0.05, 0) is 13.0 Å². The first-order chi connectivity index (χ1) is 11.9. The van der Waals surface area contributed by atoms with E-state index in [0.717, 1.165) is 4.90 Å². The second-order valence-corrected chi connectivity index (χ2v) is 5.27. The molecule has 0 saturated carbocycles. The fourth-order valence-corrected chi connectivity index (χ4v) is 2.29. The average molecular weight is 347 g/mol. The zero-order valence-corrected chi connectivity index (χ0v) is 13.1. The van der Waals surface area contributed by atoms with Crippen LogP contribution in [0.5, 0.6) is 5.75 Å². The topological polar surface area (TPSA) is 125 Å². The number of fused-ring (bicyclic) bond motifs is 1. The van der Waals surface area contributed by atoms with Gasteiger partial charge in [-0.3, -0.25) is 24.6 Å². The molecule has 10 heteroatoms. The van der Waals surface area contributed by atoms with Gasteiger partial charge < -0.3 is 14.0 Å². The third-order valence-corrected chi connectivity index (χ3v) is 3.44. The number of rotatable bonds is 5. The van der Waals surface area contributed by atoms with Crippen molar-refractivity contribution < 1.29 is 28.5 Å². The molecular weight excluding hydrogens is 334 g/mol. The van der Waals surface area contributed by atoms with Gasteiger partial charge in [-0.25, -0.2) is 0 Å². The summed E-state index contributed by atoms with van der Waals surface area (Å²) in [6.45, 7) is 0.943. The maximum absolute atomic E-state index is 12.0. The van der Waals surface area contributed by atoms with Crippen LogP contribution in [0.15, 0.2) is 28.8 Å². The van der Waals surface area contributed by atoms with Gasteiger partial charge in [0.1, 0.15) is 30.4 Å². The number of non-ortho nitro benzene ring substituents is 1. The van der Waals surface area contributed by atoms with E-state index >= 15 is 0 Å². The molecule has 1 amide bonds. The van der Waals surface area contributed by atoms with Crippen molar-refractivity contribution in [2.24, 2.45) is 0 Å². The molecule has 1 aromatic heterocycles. The van der Waals surface area contributed by atoms with Gasteiger partial charge in [0.15, 0.2) is 6.61 Å². The first-order valence-electron chi connectivity index (χ1n) is 7.23. The quantitative estimate of drug-likeness (QED) is 0.451. The molecule has 0 unspecified atom stereocenters. The summed E-state index contributed by atoms with van der Waals surface area (Å²) in [6.07, 6.45) is 0. The number of benzene rings is 1. The predicted molar refractivity (Wildman–Crippen MR) is 82.0 cm³/mol. The number of esters is 1. The molecule has 0 atom stereocenters. The minimum Gasteiger partial charge on any atom is -0.482 e. The highest BCUT2D eigenvalue weighted by Crippen LogP contribution is 2.35. The Bertz CT molecular complexity index is 845. The molecule has 2 heterocycles. The lowest BCUT2D eigenvalue weighted by Gasteiger charge is -2.28. The minimum atomic E-state index is -0.687. The Labute approximate surface area is 141 Å². The van der Waals surface area contributed by atoms with E-state index in [9.17, 15) is 19.7 Å². The lowest BCUT2D eigenvalue weighted by molar-refractivity contribution is -0.384. The highest BCUT2D eigenvalue weighted by Gasteiger charge is 2.29. The number of ether oxygens (including phenoxy) is 2.